The topological polar surface area (TPSA) is 58.3 Å². The average molecular weight is 331 g/mol. The zero-order valence-corrected chi connectivity index (χ0v) is 13.9. The molecule has 0 aliphatic carbocycles. The fraction of sp³-hybridized carbons (Fsp3) is 0.278. The maximum Gasteiger partial charge on any atom is 0.227 e. The highest BCUT2D eigenvalue weighted by Gasteiger charge is 2.11. The van der Waals surface area contributed by atoms with Crippen LogP contribution in [-0.4, -0.2) is 28.6 Å². The van der Waals surface area contributed by atoms with E-state index in [0.717, 1.165) is 33.5 Å². The van der Waals surface area contributed by atoms with Gasteiger partial charge in [0.15, 0.2) is 5.58 Å². The molecule has 0 aliphatic rings. The number of fused-ring (bicyclic) bond motifs is 1. The first-order valence-corrected chi connectivity index (χ1v) is 8.06. The first-order chi connectivity index (χ1) is 11.1. The summed E-state index contributed by atoms with van der Waals surface area (Å²) in [6, 6.07) is 11.9. The van der Waals surface area contributed by atoms with E-state index in [1.165, 1.54) is 0 Å². The highest BCUT2D eigenvalue weighted by Crippen LogP contribution is 2.28. The van der Waals surface area contributed by atoms with Crippen LogP contribution in [0, 0.1) is 13.8 Å². The number of halogens is 1. The Bertz CT molecular complexity index is 829. The molecule has 1 aromatic heterocycles. The highest BCUT2D eigenvalue weighted by molar-refractivity contribution is 6.18. The number of aromatic nitrogens is 1. The number of hydrogen-bond donors (Lipinski definition) is 2. The Labute approximate surface area is 140 Å². The van der Waals surface area contributed by atoms with E-state index in [1.807, 2.05) is 50.2 Å². The van der Waals surface area contributed by atoms with Gasteiger partial charge in [-0.25, -0.2) is 4.98 Å². The van der Waals surface area contributed by atoms with Crippen molar-refractivity contribution in [2.75, 3.05) is 17.7 Å². The van der Waals surface area contributed by atoms with Gasteiger partial charge in [-0.15, -0.1) is 11.6 Å². The molecule has 0 fully saturated rings. The molecule has 120 valence electrons. The summed E-state index contributed by atoms with van der Waals surface area (Å²) in [6.07, 6.45) is -0.577. The van der Waals surface area contributed by atoms with Gasteiger partial charge in [0.2, 0.25) is 5.89 Å². The van der Waals surface area contributed by atoms with Crippen LogP contribution < -0.4 is 5.32 Å². The number of aliphatic hydroxyl groups excluding tert-OH is 1. The van der Waals surface area contributed by atoms with Crippen LogP contribution in [0.4, 0.5) is 5.69 Å². The molecule has 0 saturated carbocycles. The van der Waals surface area contributed by atoms with Crippen molar-refractivity contribution in [2.24, 2.45) is 0 Å². The molecule has 1 unspecified atom stereocenters. The van der Waals surface area contributed by atoms with Crippen LogP contribution in [0.15, 0.2) is 40.8 Å². The van der Waals surface area contributed by atoms with E-state index >= 15 is 0 Å². The zero-order valence-electron chi connectivity index (χ0n) is 13.1. The third kappa shape index (κ3) is 3.49. The molecule has 23 heavy (non-hydrogen) atoms. The Morgan fingerprint density at radius 3 is 2.83 bits per heavy atom. The van der Waals surface area contributed by atoms with Gasteiger partial charge in [0, 0.05) is 17.8 Å². The van der Waals surface area contributed by atoms with Crippen LogP contribution in [0.5, 0.6) is 0 Å². The smallest absolute Gasteiger partial charge is 0.227 e. The fourth-order valence-electron chi connectivity index (χ4n) is 2.38. The molecular weight excluding hydrogens is 312 g/mol. The maximum absolute atomic E-state index is 9.59. The molecule has 0 spiro atoms. The lowest BCUT2D eigenvalue weighted by atomic mass is 10.1. The van der Waals surface area contributed by atoms with Gasteiger partial charge in [-0.05, 0) is 49.2 Å². The lowest BCUT2D eigenvalue weighted by Crippen LogP contribution is -2.21. The summed E-state index contributed by atoms with van der Waals surface area (Å²) < 4.78 is 5.87. The molecule has 5 heteroatoms. The largest absolute Gasteiger partial charge is 0.436 e. The molecule has 1 heterocycles. The number of benzene rings is 2. The van der Waals surface area contributed by atoms with Gasteiger partial charge >= 0.3 is 0 Å². The van der Waals surface area contributed by atoms with Crippen molar-refractivity contribution in [3.05, 3.63) is 47.5 Å². The number of nitrogens with one attached hydrogen (secondary N) is 1. The van der Waals surface area contributed by atoms with Crippen LogP contribution >= 0.6 is 11.6 Å². The number of nitrogens with zero attached hydrogens (tertiary/aromatic N) is 1. The monoisotopic (exact) mass is 330 g/mol. The standard InChI is InChI=1S/C18H19ClN2O2/c1-11-3-6-15-17(7-11)23-18(21-15)13-5-4-12(2)16(8-13)20-10-14(22)9-19/h3-8,14,20,22H,9-10H2,1-2H3. The van der Waals surface area contributed by atoms with Crippen molar-refractivity contribution in [1.82, 2.24) is 4.98 Å². The van der Waals surface area contributed by atoms with Gasteiger partial charge in [0.1, 0.15) is 5.52 Å². The second-order valence-corrected chi connectivity index (χ2v) is 6.02. The molecule has 0 saturated heterocycles. The van der Waals surface area contributed by atoms with Gasteiger partial charge in [-0.1, -0.05) is 12.1 Å². The Hall–Kier alpha value is -2.04. The van der Waals surface area contributed by atoms with Gasteiger partial charge in [0.25, 0.3) is 0 Å². The molecule has 1 atom stereocenters. The molecule has 3 rings (SSSR count). The van der Waals surface area contributed by atoms with Gasteiger partial charge in [0.05, 0.1) is 12.0 Å². The van der Waals surface area contributed by atoms with Crippen molar-refractivity contribution in [2.45, 2.75) is 20.0 Å². The minimum absolute atomic E-state index is 0.205. The summed E-state index contributed by atoms with van der Waals surface area (Å²) in [7, 11) is 0. The predicted molar refractivity (Wildman–Crippen MR) is 94.1 cm³/mol. The van der Waals surface area contributed by atoms with Crippen LogP contribution in [0.25, 0.3) is 22.6 Å². The lowest BCUT2D eigenvalue weighted by Gasteiger charge is -2.13. The van der Waals surface area contributed by atoms with Crippen LogP contribution in [0.1, 0.15) is 11.1 Å². The molecule has 4 nitrogen and oxygen atoms in total. The summed E-state index contributed by atoms with van der Waals surface area (Å²) in [5.74, 6) is 0.794. The molecule has 3 aromatic rings. The molecule has 0 bridgehead atoms. The number of alkyl halides is 1. The Kier molecular flexibility index (Phi) is 4.55. The van der Waals surface area contributed by atoms with Crippen LogP contribution in [0.2, 0.25) is 0 Å². The quantitative estimate of drug-likeness (QED) is 0.691. The Morgan fingerprint density at radius 1 is 1.22 bits per heavy atom. The van der Waals surface area contributed by atoms with Crippen molar-refractivity contribution >= 4 is 28.4 Å². The van der Waals surface area contributed by atoms with E-state index in [-0.39, 0.29) is 5.88 Å². The first-order valence-electron chi connectivity index (χ1n) is 7.53. The second-order valence-electron chi connectivity index (χ2n) is 5.71. The molecule has 0 amide bonds. The van der Waals surface area contributed by atoms with E-state index in [4.69, 9.17) is 16.0 Å². The summed E-state index contributed by atoms with van der Waals surface area (Å²) in [5, 5.41) is 12.8. The SMILES string of the molecule is Cc1ccc2nc(-c3ccc(C)c(NCC(O)CCl)c3)oc2c1. The van der Waals surface area contributed by atoms with Gasteiger partial charge in [-0.2, -0.15) is 0 Å². The van der Waals surface area contributed by atoms with Gasteiger partial charge in [-0.3, -0.25) is 0 Å². The van der Waals surface area contributed by atoms with Crippen molar-refractivity contribution in [3.63, 3.8) is 0 Å². The molecule has 2 aromatic carbocycles. The number of aryl methyl sites for hydroxylation is 2. The summed E-state index contributed by atoms with van der Waals surface area (Å²) in [6.45, 7) is 4.44. The number of oxazole rings is 1. The van der Waals surface area contributed by atoms with E-state index in [0.29, 0.717) is 12.4 Å². The van der Waals surface area contributed by atoms with E-state index in [9.17, 15) is 5.11 Å². The van der Waals surface area contributed by atoms with Crippen molar-refractivity contribution in [1.29, 1.82) is 0 Å². The minimum atomic E-state index is -0.577. The van der Waals surface area contributed by atoms with Crippen LogP contribution in [-0.2, 0) is 0 Å². The fourth-order valence-corrected chi connectivity index (χ4v) is 2.49. The van der Waals surface area contributed by atoms with Crippen LogP contribution in [0.3, 0.4) is 0 Å². The normalized spacial score (nSPS) is 12.5. The van der Waals surface area contributed by atoms with E-state index < -0.39 is 6.10 Å². The summed E-state index contributed by atoms with van der Waals surface area (Å²) in [4.78, 5) is 4.54. The third-order valence-electron chi connectivity index (χ3n) is 3.73. The summed E-state index contributed by atoms with van der Waals surface area (Å²) in [5.41, 5.74) is 5.69. The minimum Gasteiger partial charge on any atom is -0.436 e. The van der Waals surface area contributed by atoms with E-state index in [1.54, 1.807) is 0 Å². The average Bonchev–Trinajstić information content (AvgIpc) is 2.96. The number of rotatable bonds is 5. The Morgan fingerprint density at radius 2 is 2.04 bits per heavy atom. The lowest BCUT2D eigenvalue weighted by molar-refractivity contribution is 0.211. The maximum atomic E-state index is 9.59. The summed E-state index contributed by atoms with van der Waals surface area (Å²) >= 11 is 5.63. The molecule has 0 radical (unpaired) electrons. The van der Waals surface area contributed by atoms with E-state index in [2.05, 4.69) is 10.3 Å². The Balaban J connectivity index is 1.92. The number of aliphatic hydroxyl groups is 1. The predicted octanol–water partition coefficient (Wildman–Crippen LogP) is 4.12. The number of hydrogen-bond acceptors (Lipinski definition) is 4. The van der Waals surface area contributed by atoms with Crippen molar-refractivity contribution < 1.29 is 9.52 Å². The van der Waals surface area contributed by atoms with Gasteiger partial charge < -0.3 is 14.8 Å². The third-order valence-corrected chi connectivity index (χ3v) is 4.09. The number of anilines is 1. The zero-order chi connectivity index (χ0) is 16.4. The first kappa shape index (κ1) is 15.8. The molecular formula is C18H19ClN2O2. The second kappa shape index (κ2) is 6.60. The molecule has 2 N–H and O–H groups in total. The highest BCUT2D eigenvalue weighted by atomic mass is 35.5. The van der Waals surface area contributed by atoms with Crippen molar-refractivity contribution in [3.8, 4) is 11.5 Å². The molecule has 0 aliphatic heterocycles.